The fourth-order valence-electron chi connectivity index (χ4n) is 2.16. The van der Waals surface area contributed by atoms with Gasteiger partial charge in [0.25, 0.3) is 0 Å². The Balaban J connectivity index is 2.44. The minimum absolute atomic E-state index is 0.559. The van der Waals surface area contributed by atoms with Crippen LogP contribution in [-0.4, -0.2) is 36.6 Å². The number of nitrogens with zero attached hydrogens (tertiary/aromatic N) is 1. The highest BCUT2D eigenvalue weighted by atomic mass is 35.5. The van der Waals surface area contributed by atoms with E-state index >= 15 is 0 Å². The molecule has 1 saturated heterocycles. The second kappa shape index (κ2) is 5.88. The smallest absolute Gasteiger partial charge is 0.0339 e. The molecule has 0 aromatic rings. The Labute approximate surface area is 98.7 Å². The highest BCUT2D eigenvalue weighted by molar-refractivity contribution is 6.29. The van der Waals surface area contributed by atoms with E-state index in [9.17, 15) is 0 Å². The van der Waals surface area contributed by atoms with E-state index < -0.39 is 0 Å². The summed E-state index contributed by atoms with van der Waals surface area (Å²) in [6.07, 6.45) is 1.23. The van der Waals surface area contributed by atoms with Crippen LogP contribution in [-0.2, 0) is 0 Å². The summed E-state index contributed by atoms with van der Waals surface area (Å²) in [6, 6.07) is 1.17. The van der Waals surface area contributed by atoms with Crippen LogP contribution in [0.5, 0.6) is 0 Å². The van der Waals surface area contributed by atoms with Crippen molar-refractivity contribution in [3.05, 3.63) is 11.6 Å². The molecule has 1 N–H and O–H groups in total. The van der Waals surface area contributed by atoms with Crippen LogP contribution in [0.25, 0.3) is 0 Å². The molecule has 88 valence electrons. The van der Waals surface area contributed by atoms with Crippen molar-refractivity contribution in [1.29, 1.82) is 0 Å². The number of hydrogen-bond donors (Lipinski definition) is 1. The first-order valence-corrected chi connectivity index (χ1v) is 6.17. The Bertz CT molecular complexity index is 216. The van der Waals surface area contributed by atoms with Gasteiger partial charge in [-0.2, -0.15) is 0 Å². The second-order valence-electron chi connectivity index (χ2n) is 5.03. The van der Waals surface area contributed by atoms with E-state index in [4.69, 9.17) is 11.6 Å². The Morgan fingerprint density at radius 2 is 2.27 bits per heavy atom. The standard InChI is InChI=1S/C12H23ClN2/c1-9(2)5-12-8-15(7-10(3)13)11(4)6-14-12/h9,11-12,14H,3,5-8H2,1-2,4H3. The molecule has 2 atom stereocenters. The molecule has 0 aliphatic carbocycles. The molecule has 0 radical (unpaired) electrons. The van der Waals surface area contributed by atoms with Crippen molar-refractivity contribution in [2.75, 3.05) is 19.6 Å². The number of piperazine rings is 1. The monoisotopic (exact) mass is 230 g/mol. The lowest BCUT2D eigenvalue weighted by Crippen LogP contribution is -2.55. The fourth-order valence-corrected chi connectivity index (χ4v) is 2.32. The lowest BCUT2D eigenvalue weighted by atomic mass is 10.0. The normalized spacial score (nSPS) is 28.3. The van der Waals surface area contributed by atoms with Crippen LogP contribution >= 0.6 is 11.6 Å². The maximum atomic E-state index is 5.87. The van der Waals surface area contributed by atoms with E-state index in [0.717, 1.165) is 30.6 Å². The first kappa shape index (κ1) is 13.0. The molecule has 1 rings (SSSR count). The molecule has 1 aliphatic rings. The van der Waals surface area contributed by atoms with Gasteiger partial charge in [0.15, 0.2) is 0 Å². The predicted octanol–water partition coefficient (Wildman–Crippen LogP) is 2.45. The lowest BCUT2D eigenvalue weighted by Gasteiger charge is -2.39. The summed E-state index contributed by atoms with van der Waals surface area (Å²) in [5, 5.41) is 4.33. The van der Waals surface area contributed by atoms with Gasteiger partial charge >= 0.3 is 0 Å². The summed E-state index contributed by atoms with van der Waals surface area (Å²) in [5.74, 6) is 0.747. The van der Waals surface area contributed by atoms with Gasteiger partial charge in [0.1, 0.15) is 0 Å². The molecule has 2 nitrogen and oxygen atoms in total. The third-order valence-corrected chi connectivity index (χ3v) is 3.03. The molecule has 15 heavy (non-hydrogen) atoms. The molecule has 0 aromatic carbocycles. The van der Waals surface area contributed by atoms with Crippen molar-refractivity contribution in [3.8, 4) is 0 Å². The van der Waals surface area contributed by atoms with Gasteiger partial charge in [0, 0.05) is 36.8 Å². The summed E-state index contributed by atoms with van der Waals surface area (Å²) >= 11 is 5.87. The van der Waals surface area contributed by atoms with Crippen LogP contribution in [0.15, 0.2) is 11.6 Å². The molecule has 0 bridgehead atoms. The maximum absolute atomic E-state index is 5.87. The highest BCUT2D eigenvalue weighted by Crippen LogP contribution is 2.15. The van der Waals surface area contributed by atoms with Crippen LogP contribution < -0.4 is 5.32 Å². The molecule has 2 unspecified atom stereocenters. The predicted molar refractivity (Wildman–Crippen MR) is 67.3 cm³/mol. The van der Waals surface area contributed by atoms with Gasteiger partial charge in [-0.1, -0.05) is 32.0 Å². The highest BCUT2D eigenvalue weighted by Gasteiger charge is 2.25. The van der Waals surface area contributed by atoms with Crippen molar-refractivity contribution in [2.24, 2.45) is 5.92 Å². The van der Waals surface area contributed by atoms with Crippen LogP contribution in [0.1, 0.15) is 27.2 Å². The zero-order valence-corrected chi connectivity index (χ0v) is 10.8. The molecule has 0 spiro atoms. The zero-order valence-electron chi connectivity index (χ0n) is 10.1. The molecule has 0 saturated carbocycles. The largest absolute Gasteiger partial charge is 0.311 e. The summed E-state index contributed by atoms with van der Waals surface area (Å²) < 4.78 is 0. The second-order valence-corrected chi connectivity index (χ2v) is 5.56. The number of rotatable bonds is 4. The molecule has 0 amide bonds. The number of hydrogen-bond acceptors (Lipinski definition) is 2. The van der Waals surface area contributed by atoms with Gasteiger partial charge in [-0.25, -0.2) is 0 Å². The van der Waals surface area contributed by atoms with Gasteiger partial charge < -0.3 is 5.32 Å². The Morgan fingerprint density at radius 3 is 2.80 bits per heavy atom. The average Bonchev–Trinajstić information content (AvgIpc) is 2.09. The van der Waals surface area contributed by atoms with Crippen molar-refractivity contribution < 1.29 is 0 Å². The van der Waals surface area contributed by atoms with Crippen molar-refractivity contribution in [1.82, 2.24) is 10.2 Å². The van der Waals surface area contributed by atoms with E-state index in [2.05, 4.69) is 37.6 Å². The summed E-state index contributed by atoms with van der Waals surface area (Å²) in [6.45, 7) is 13.5. The first-order chi connectivity index (χ1) is 6.99. The summed E-state index contributed by atoms with van der Waals surface area (Å²) in [4.78, 5) is 2.42. The Morgan fingerprint density at radius 1 is 1.60 bits per heavy atom. The Kier molecular flexibility index (Phi) is 5.10. The molecular weight excluding hydrogens is 208 g/mol. The van der Waals surface area contributed by atoms with Crippen LogP contribution in [0.2, 0.25) is 0 Å². The van der Waals surface area contributed by atoms with E-state index in [1.54, 1.807) is 0 Å². The van der Waals surface area contributed by atoms with E-state index in [1.165, 1.54) is 6.42 Å². The minimum atomic E-state index is 0.559. The van der Waals surface area contributed by atoms with Crippen molar-refractivity contribution in [3.63, 3.8) is 0 Å². The topological polar surface area (TPSA) is 15.3 Å². The zero-order chi connectivity index (χ0) is 11.4. The van der Waals surface area contributed by atoms with Gasteiger partial charge in [-0.3, -0.25) is 4.90 Å². The summed E-state index contributed by atoms with van der Waals surface area (Å²) in [7, 11) is 0. The Hall–Kier alpha value is -0.0500. The molecule has 3 heteroatoms. The fraction of sp³-hybridized carbons (Fsp3) is 0.833. The van der Waals surface area contributed by atoms with Crippen LogP contribution in [0, 0.1) is 5.92 Å². The quantitative estimate of drug-likeness (QED) is 0.798. The number of halogens is 1. The maximum Gasteiger partial charge on any atom is 0.0339 e. The third kappa shape index (κ3) is 4.54. The van der Waals surface area contributed by atoms with E-state index in [0.29, 0.717) is 12.1 Å². The molecule has 0 aromatic heterocycles. The molecule has 1 fully saturated rings. The third-order valence-electron chi connectivity index (χ3n) is 2.91. The molecular formula is C12H23ClN2. The lowest BCUT2D eigenvalue weighted by molar-refractivity contribution is 0.145. The van der Waals surface area contributed by atoms with Gasteiger partial charge in [0.05, 0.1) is 0 Å². The SMILES string of the molecule is C=C(Cl)CN1CC(CC(C)C)NCC1C. The van der Waals surface area contributed by atoms with Crippen LogP contribution in [0.4, 0.5) is 0 Å². The summed E-state index contributed by atoms with van der Waals surface area (Å²) in [5.41, 5.74) is 0. The van der Waals surface area contributed by atoms with Crippen LogP contribution in [0.3, 0.4) is 0 Å². The average molecular weight is 231 g/mol. The van der Waals surface area contributed by atoms with Crippen molar-refractivity contribution >= 4 is 11.6 Å². The molecule has 1 heterocycles. The van der Waals surface area contributed by atoms with Gasteiger partial charge in [-0.05, 0) is 19.3 Å². The van der Waals surface area contributed by atoms with Gasteiger partial charge in [-0.15, -0.1) is 0 Å². The van der Waals surface area contributed by atoms with Crippen molar-refractivity contribution in [2.45, 2.75) is 39.3 Å². The number of nitrogens with one attached hydrogen (secondary N) is 1. The van der Waals surface area contributed by atoms with E-state index in [1.807, 2.05) is 0 Å². The van der Waals surface area contributed by atoms with E-state index in [-0.39, 0.29) is 0 Å². The van der Waals surface area contributed by atoms with Gasteiger partial charge in [0.2, 0.25) is 0 Å². The molecule has 1 aliphatic heterocycles. The minimum Gasteiger partial charge on any atom is -0.311 e. The first-order valence-electron chi connectivity index (χ1n) is 5.79.